The predicted octanol–water partition coefficient (Wildman–Crippen LogP) is 6.09. The van der Waals surface area contributed by atoms with Crippen LogP contribution < -0.4 is 5.73 Å². The van der Waals surface area contributed by atoms with Crippen LogP contribution in [0, 0.1) is 11.2 Å². The number of ether oxygens (including phenoxy) is 1. The van der Waals surface area contributed by atoms with E-state index in [9.17, 15) is 9.18 Å². The molecule has 1 unspecified atom stereocenters. The summed E-state index contributed by atoms with van der Waals surface area (Å²) in [5, 5.41) is 0. The fourth-order valence-corrected chi connectivity index (χ4v) is 3.61. The summed E-state index contributed by atoms with van der Waals surface area (Å²) in [6, 6.07) is 9.86. The number of benzene rings is 1. The van der Waals surface area contributed by atoms with Gasteiger partial charge in [0.2, 0.25) is 0 Å². The molecule has 0 amide bonds. The van der Waals surface area contributed by atoms with E-state index in [1.165, 1.54) is 10.6 Å². The van der Waals surface area contributed by atoms with Gasteiger partial charge in [0.05, 0.1) is 11.7 Å². The highest BCUT2D eigenvalue weighted by Crippen LogP contribution is 2.27. The van der Waals surface area contributed by atoms with E-state index in [0.29, 0.717) is 23.5 Å². The minimum absolute atomic E-state index is 0.0467. The summed E-state index contributed by atoms with van der Waals surface area (Å²) in [6.07, 6.45) is 4.98. The number of pyridine rings is 1. The van der Waals surface area contributed by atoms with Crippen LogP contribution in [-0.4, -0.2) is 26.2 Å². The lowest BCUT2D eigenvalue weighted by molar-refractivity contribution is 0.0529. The number of carbonyl (C=O) groups excluding carboxylic acids is 1. The summed E-state index contributed by atoms with van der Waals surface area (Å²) in [6.45, 7) is 12.0. The molecule has 1 atom stereocenters. The fraction of sp³-hybridized carbons (Fsp3) is 0.444. The lowest BCUT2D eigenvalue weighted by Gasteiger charge is -2.21. The van der Waals surface area contributed by atoms with Crippen LogP contribution in [0.1, 0.15) is 71.1 Å². The van der Waals surface area contributed by atoms with Gasteiger partial charge in [-0.25, -0.2) is 18.7 Å². The molecule has 0 fully saturated rings. The first-order valence-corrected chi connectivity index (χ1v) is 11.7. The van der Waals surface area contributed by atoms with Crippen LogP contribution >= 0.6 is 0 Å². The third kappa shape index (κ3) is 6.50. The van der Waals surface area contributed by atoms with Crippen molar-refractivity contribution < 1.29 is 13.9 Å². The van der Waals surface area contributed by atoms with Crippen molar-refractivity contribution in [3.8, 4) is 11.3 Å². The molecule has 0 saturated heterocycles. The Labute approximate surface area is 201 Å². The molecule has 7 heteroatoms. The van der Waals surface area contributed by atoms with Crippen LogP contribution in [-0.2, 0) is 17.6 Å². The highest BCUT2D eigenvalue weighted by molar-refractivity contribution is 5.72. The van der Waals surface area contributed by atoms with Gasteiger partial charge in [-0.1, -0.05) is 51.5 Å². The van der Waals surface area contributed by atoms with Gasteiger partial charge in [-0.05, 0) is 56.7 Å². The zero-order valence-corrected chi connectivity index (χ0v) is 20.9. The van der Waals surface area contributed by atoms with Crippen molar-refractivity contribution in [2.24, 2.45) is 11.1 Å². The average Bonchev–Trinajstić information content (AvgIpc) is 3.17. The molecule has 182 valence electrons. The third-order valence-corrected chi connectivity index (χ3v) is 5.76. The standard InChI is InChI=1S/C27H35FN4O2/c1-7-27(5,6)16-20-17-32(25(33)34-26(2,3)4)24(31-20)22(29)15-18-10-12-19(13-11-18)23-21(28)9-8-14-30-23/h8-14,17,22H,7,15-16,29H2,1-6H3. The summed E-state index contributed by atoms with van der Waals surface area (Å²) in [7, 11) is 0. The summed E-state index contributed by atoms with van der Waals surface area (Å²) in [5.41, 5.74) is 8.71. The summed E-state index contributed by atoms with van der Waals surface area (Å²) >= 11 is 0. The largest absolute Gasteiger partial charge is 0.443 e. The van der Waals surface area contributed by atoms with Crippen LogP contribution in [0.3, 0.4) is 0 Å². The minimum Gasteiger partial charge on any atom is -0.443 e. The molecular weight excluding hydrogens is 431 g/mol. The molecule has 0 aliphatic heterocycles. The Morgan fingerprint density at radius 1 is 1.15 bits per heavy atom. The lowest BCUT2D eigenvalue weighted by atomic mass is 9.85. The molecule has 1 aromatic carbocycles. The van der Waals surface area contributed by atoms with E-state index in [1.54, 1.807) is 18.5 Å². The number of nitrogens with two attached hydrogens (primary N) is 1. The lowest BCUT2D eigenvalue weighted by Crippen LogP contribution is -2.29. The molecule has 3 aromatic rings. The smallest absolute Gasteiger partial charge is 0.420 e. The number of hydrogen-bond donors (Lipinski definition) is 1. The number of imidazole rings is 1. The van der Waals surface area contributed by atoms with Crippen molar-refractivity contribution in [2.75, 3.05) is 0 Å². The number of rotatable bonds is 7. The van der Waals surface area contributed by atoms with Gasteiger partial charge >= 0.3 is 6.09 Å². The Hall–Kier alpha value is -3.06. The van der Waals surface area contributed by atoms with Crippen LogP contribution in [0.2, 0.25) is 0 Å². The monoisotopic (exact) mass is 466 g/mol. The molecule has 0 bridgehead atoms. The fourth-order valence-electron chi connectivity index (χ4n) is 3.61. The maximum absolute atomic E-state index is 14.1. The number of aromatic nitrogens is 3. The van der Waals surface area contributed by atoms with Crippen LogP contribution in [0.25, 0.3) is 11.3 Å². The SMILES string of the molecule is CCC(C)(C)Cc1cn(C(=O)OC(C)(C)C)c(C(N)Cc2ccc(-c3ncccc3F)cc2)n1. The number of nitrogens with zero attached hydrogens (tertiary/aromatic N) is 3. The zero-order chi connectivity index (χ0) is 25.1. The second kappa shape index (κ2) is 10.1. The number of hydrogen-bond acceptors (Lipinski definition) is 5. The normalized spacial score (nSPS) is 13.1. The molecule has 0 aliphatic carbocycles. The molecule has 34 heavy (non-hydrogen) atoms. The minimum atomic E-state index is -0.637. The molecule has 2 N–H and O–H groups in total. The molecule has 2 aromatic heterocycles. The van der Waals surface area contributed by atoms with E-state index >= 15 is 0 Å². The van der Waals surface area contributed by atoms with Crippen molar-refractivity contribution in [2.45, 2.75) is 72.4 Å². The summed E-state index contributed by atoms with van der Waals surface area (Å²) in [5.74, 6) is 0.102. The molecular formula is C27H35FN4O2. The van der Waals surface area contributed by atoms with Crippen molar-refractivity contribution >= 4 is 6.09 Å². The maximum atomic E-state index is 14.1. The Kier molecular flexibility index (Phi) is 7.56. The summed E-state index contributed by atoms with van der Waals surface area (Å²) < 4.78 is 21.1. The Balaban J connectivity index is 1.86. The van der Waals surface area contributed by atoms with Gasteiger partial charge in [-0.2, -0.15) is 0 Å². The quantitative estimate of drug-likeness (QED) is 0.456. The van der Waals surface area contributed by atoms with Crippen LogP contribution in [0.5, 0.6) is 0 Å². The first-order valence-electron chi connectivity index (χ1n) is 11.7. The van der Waals surface area contributed by atoms with Gasteiger partial charge in [-0.15, -0.1) is 0 Å². The summed E-state index contributed by atoms with van der Waals surface area (Å²) in [4.78, 5) is 21.8. The molecule has 0 radical (unpaired) electrons. The molecule has 6 nitrogen and oxygen atoms in total. The molecule has 0 aliphatic rings. The van der Waals surface area contributed by atoms with E-state index in [2.05, 4.69) is 25.8 Å². The predicted molar refractivity (Wildman–Crippen MR) is 132 cm³/mol. The number of carbonyl (C=O) groups is 1. The van der Waals surface area contributed by atoms with Crippen LogP contribution in [0.4, 0.5) is 9.18 Å². The maximum Gasteiger partial charge on any atom is 0.420 e. The second-order valence-electron chi connectivity index (χ2n) is 10.5. The molecule has 0 saturated carbocycles. The van der Waals surface area contributed by atoms with E-state index in [0.717, 1.165) is 24.1 Å². The van der Waals surface area contributed by atoms with Crippen molar-refractivity contribution in [3.63, 3.8) is 0 Å². The molecule has 2 heterocycles. The highest BCUT2D eigenvalue weighted by Gasteiger charge is 2.26. The Bertz CT molecular complexity index is 1130. The van der Waals surface area contributed by atoms with Gasteiger partial charge < -0.3 is 10.5 Å². The van der Waals surface area contributed by atoms with Crippen LogP contribution in [0.15, 0.2) is 48.8 Å². The Morgan fingerprint density at radius 2 is 1.82 bits per heavy atom. The van der Waals surface area contributed by atoms with Gasteiger partial charge in [0.15, 0.2) is 0 Å². The second-order valence-corrected chi connectivity index (χ2v) is 10.5. The van der Waals surface area contributed by atoms with Crippen molar-refractivity contribution in [3.05, 3.63) is 71.7 Å². The van der Waals surface area contributed by atoms with Crippen molar-refractivity contribution in [1.82, 2.24) is 14.5 Å². The average molecular weight is 467 g/mol. The van der Waals surface area contributed by atoms with E-state index in [4.69, 9.17) is 15.5 Å². The number of halogens is 1. The van der Waals surface area contributed by atoms with E-state index in [-0.39, 0.29) is 11.2 Å². The zero-order valence-electron chi connectivity index (χ0n) is 20.9. The molecule has 0 spiro atoms. The van der Waals surface area contributed by atoms with Gasteiger partial charge in [-0.3, -0.25) is 4.98 Å². The molecule has 3 rings (SSSR count). The third-order valence-electron chi connectivity index (χ3n) is 5.76. The first kappa shape index (κ1) is 25.6. The van der Waals surface area contributed by atoms with Gasteiger partial charge in [0.1, 0.15) is 22.9 Å². The Morgan fingerprint density at radius 3 is 2.41 bits per heavy atom. The van der Waals surface area contributed by atoms with E-state index in [1.807, 2.05) is 45.0 Å². The highest BCUT2D eigenvalue weighted by atomic mass is 19.1. The van der Waals surface area contributed by atoms with Gasteiger partial charge in [0, 0.05) is 18.0 Å². The van der Waals surface area contributed by atoms with Crippen molar-refractivity contribution in [1.29, 1.82) is 0 Å². The van der Waals surface area contributed by atoms with E-state index < -0.39 is 17.7 Å². The van der Waals surface area contributed by atoms with Gasteiger partial charge in [0.25, 0.3) is 0 Å². The topological polar surface area (TPSA) is 83.0 Å². The first-order chi connectivity index (χ1) is 15.9.